The molecule has 1 aliphatic heterocycles. The molecule has 4 nitrogen and oxygen atoms in total. The zero-order valence-corrected chi connectivity index (χ0v) is 12.8. The molecule has 4 N–H and O–H groups in total. The van der Waals surface area contributed by atoms with E-state index in [1.165, 1.54) is 0 Å². The lowest BCUT2D eigenvalue weighted by Gasteiger charge is -2.46. The normalized spacial score (nSPS) is 22.7. The summed E-state index contributed by atoms with van der Waals surface area (Å²) in [6.45, 7) is 9.39. The fraction of sp³-hybridized carbons (Fsp3) is 0.923. The van der Waals surface area contributed by atoms with Crippen molar-refractivity contribution in [3.8, 4) is 0 Å². The van der Waals surface area contributed by atoms with Gasteiger partial charge in [0.2, 0.25) is 5.91 Å². The first kappa shape index (κ1) is 15.8. The van der Waals surface area contributed by atoms with Crippen LogP contribution in [0.25, 0.3) is 0 Å². The summed E-state index contributed by atoms with van der Waals surface area (Å²) in [5.74, 6) is 1.49. The first-order valence-corrected chi connectivity index (χ1v) is 7.76. The summed E-state index contributed by atoms with van der Waals surface area (Å²) < 4.78 is 0. The third-order valence-corrected chi connectivity index (χ3v) is 4.04. The molecule has 0 unspecified atom stereocenters. The van der Waals surface area contributed by atoms with E-state index in [0.29, 0.717) is 12.3 Å². The largest absolute Gasteiger partial charge is 0.353 e. The van der Waals surface area contributed by atoms with Crippen LogP contribution in [-0.4, -0.2) is 41.1 Å². The fourth-order valence-electron chi connectivity index (χ4n) is 2.94. The Morgan fingerprint density at radius 2 is 1.89 bits per heavy atom. The molecule has 1 amide bonds. The van der Waals surface area contributed by atoms with Crippen molar-refractivity contribution in [2.45, 2.75) is 57.7 Å². The monoisotopic (exact) mass is 273 g/mol. The SMILES string of the molecule is CC1(C)CC(NC(=O)CSCCN)CC(C)(C)N1. The lowest BCUT2D eigenvalue weighted by atomic mass is 9.79. The Hall–Kier alpha value is -0.260. The van der Waals surface area contributed by atoms with Crippen molar-refractivity contribution >= 4 is 17.7 Å². The van der Waals surface area contributed by atoms with E-state index in [1.807, 2.05) is 0 Å². The van der Waals surface area contributed by atoms with Crippen molar-refractivity contribution in [3.63, 3.8) is 0 Å². The summed E-state index contributed by atoms with van der Waals surface area (Å²) >= 11 is 1.60. The summed E-state index contributed by atoms with van der Waals surface area (Å²) in [4.78, 5) is 11.8. The highest BCUT2D eigenvalue weighted by Crippen LogP contribution is 2.28. The van der Waals surface area contributed by atoms with E-state index in [-0.39, 0.29) is 23.0 Å². The van der Waals surface area contributed by atoms with E-state index >= 15 is 0 Å². The lowest BCUT2D eigenvalue weighted by Crippen LogP contribution is -2.62. The molecule has 5 heteroatoms. The van der Waals surface area contributed by atoms with Gasteiger partial charge in [-0.1, -0.05) is 0 Å². The van der Waals surface area contributed by atoms with Crippen LogP contribution in [-0.2, 0) is 4.79 Å². The van der Waals surface area contributed by atoms with Gasteiger partial charge in [0, 0.05) is 29.4 Å². The Morgan fingerprint density at radius 1 is 1.33 bits per heavy atom. The Morgan fingerprint density at radius 3 is 2.39 bits per heavy atom. The first-order valence-electron chi connectivity index (χ1n) is 6.61. The van der Waals surface area contributed by atoms with E-state index in [2.05, 4.69) is 38.3 Å². The van der Waals surface area contributed by atoms with E-state index in [0.717, 1.165) is 18.6 Å². The molecular weight excluding hydrogens is 246 g/mol. The van der Waals surface area contributed by atoms with Crippen LogP contribution in [0.2, 0.25) is 0 Å². The second-order valence-electron chi connectivity index (χ2n) is 6.41. The van der Waals surface area contributed by atoms with E-state index in [9.17, 15) is 4.79 Å². The van der Waals surface area contributed by atoms with Crippen LogP contribution in [0.3, 0.4) is 0 Å². The molecule has 1 saturated heterocycles. The Balaban J connectivity index is 2.44. The average molecular weight is 273 g/mol. The molecule has 0 aliphatic carbocycles. The molecule has 0 bridgehead atoms. The standard InChI is InChI=1S/C13H27N3OS/c1-12(2)7-10(8-13(3,4)16-12)15-11(17)9-18-6-5-14/h10,16H,5-9,14H2,1-4H3,(H,15,17). The van der Waals surface area contributed by atoms with Gasteiger partial charge in [0.1, 0.15) is 0 Å². The molecule has 0 saturated carbocycles. The Bertz CT molecular complexity index is 276. The highest BCUT2D eigenvalue weighted by atomic mass is 32.2. The predicted octanol–water partition coefficient (Wildman–Crippen LogP) is 1.10. The second-order valence-corrected chi connectivity index (χ2v) is 7.51. The molecule has 0 aromatic rings. The van der Waals surface area contributed by atoms with Crippen LogP contribution in [0.4, 0.5) is 0 Å². The minimum Gasteiger partial charge on any atom is -0.353 e. The molecule has 0 radical (unpaired) electrons. The van der Waals surface area contributed by atoms with Crippen molar-refractivity contribution in [1.82, 2.24) is 10.6 Å². The van der Waals surface area contributed by atoms with Gasteiger partial charge in [-0.05, 0) is 40.5 Å². The zero-order valence-electron chi connectivity index (χ0n) is 12.0. The smallest absolute Gasteiger partial charge is 0.230 e. The van der Waals surface area contributed by atoms with Crippen LogP contribution < -0.4 is 16.4 Å². The van der Waals surface area contributed by atoms with Gasteiger partial charge in [0.05, 0.1) is 5.75 Å². The van der Waals surface area contributed by atoms with Crippen molar-refractivity contribution in [3.05, 3.63) is 0 Å². The number of carbonyl (C=O) groups excluding carboxylic acids is 1. The molecule has 0 spiro atoms. The van der Waals surface area contributed by atoms with Gasteiger partial charge in [-0.3, -0.25) is 4.79 Å². The molecule has 1 fully saturated rings. The Kier molecular flexibility index (Phi) is 5.49. The van der Waals surface area contributed by atoms with Crippen molar-refractivity contribution in [2.75, 3.05) is 18.1 Å². The number of nitrogens with one attached hydrogen (secondary N) is 2. The minimum absolute atomic E-state index is 0.0735. The van der Waals surface area contributed by atoms with E-state index in [1.54, 1.807) is 11.8 Å². The highest BCUT2D eigenvalue weighted by molar-refractivity contribution is 7.99. The molecule has 18 heavy (non-hydrogen) atoms. The van der Waals surface area contributed by atoms with Crippen molar-refractivity contribution < 1.29 is 4.79 Å². The highest BCUT2D eigenvalue weighted by Gasteiger charge is 2.37. The minimum atomic E-state index is 0.0735. The van der Waals surface area contributed by atoms with E-state index < -0.39 is 0 Å². The molecule has 0 aromatic carbocycles. The first-order chi connectivity index (χ1) is 8.24. The zero-order chi connectivity index (χ0) is 13.8. The topological polar surface area (TPSA) is 67.2 Å². The Labute approximate surface area is 115 Å². The van der Waals surface area contributed by atoms with Crippen LogP contribution >= 0.6 is 11.8 Å². The number of amides is 1. The molecule has 0 aromatic heterocycles. The summed E-state index contributed by atoms with van der Waals surface area (Å²) in [5, 5.41) is 6.76. The van der Waals surface area contributed by atoms with Gasteiger partial charge >= 0.3 is 0 Å². The quantitative estimate of drug-likeness (QED) is 0.656. The van der Waals surface area contributed by atoms with Gasteiger partial charge < -0.3 is 16.4 Å². The van der Waals surface area contributed by atoms with Crippen molar-refractivity contribution in [2.24, 2.45) is 5.73 Å². The number of thioether (sulfide) groups is 1. The van der Waals surface area contributed by atoms with Crippen LogP contribution in [0.15, 0.2) is 0 Å². The molecule has 0 atom stereocenters. The number of hydrogen-bond acceptors (Lipinski definition) is 4. The molecule has 1 heterocycles. The lowest BCUT2D eigenvalue weighted by molar-refractivity contribution is -0.119. The molecular formula is C13H27N3OS. The maximum atomic E-state index is 11.8. The third kappa shape index (κ3) is 5.59. The number of hydrogen-bond donors (Lipinski definition) is 3. The summed E-state index contributed by atoms with van der Waals surface area (Å²) in [6.07, 6.45) is 1.95. The number of piperidine rings is 1. The van der Waals surface area contributed by atoms with Crippen LogP contribution in [0, 0.1) is 0 Å². The number of rotatable bonds is 5. The maximum Gasteiger partial charge on any atom is 0.230 e. The van der Waals surface area contributed by atoms with Crippen LogP contribution in [0.1, 0.15) is 40.5 Å². The number of carbonyl (C=O) groups is 1. The maximum absolute atomic E-state index is 11.8. The fourth-order valence-corrected chi connectivity index (χ4v) is 3.52. The summed E-state index contributed by atoms with van der Waals surface area (Å²) in [6, 6.07) is 0.266. The summed E-state index contributed by atoms with van der Waals surface area (Å²) in [7, 11) is 0. The van der Waals surface area contributed by atoms with Gasteiger partial charge in [0.25, 0.3) is 0 Å². The van der Waals surface area contributed by atoms with Crippen molar-refractivity contribution in [1.29, 1.82) is 0 Å². The number of nitrogens with two attached hydrogens (primary N) is 1. The van der Waals surface area contributed by atoms with Gasteiger partial charge in [0.15, 0.2) is 0 Å². The predicted molar refractivity (Wildman–Crippen MR) is 78.8 cm³/mol. The van der Waals surface area contributed by atoms with Gasteiger partial charge in [-0.15, -0.1) is 0 Å². The second kappa shape index (κ2) is 6.26. The van der Waals surface area contributed by atoms with Gasteiger partial charge in [-0.2, -0.15) is 11.8 Å². The summed E-state index contributed by atoms with van der Waals surface area (Å²) in [5.41, 5.74) is 5.56. The van der Waals surface area contributed by atoms with Crippen LogP contribution in [0.5, 0.6) is 0 Å². The van der Waals surface area contributed by atoms with Gasteiger partial charge in [-0.25, -0.2) is 0 Å². The molecule has 1 aliphatic rings. The van der Waals surface area contributed by atoms with E-state index in [4.69, 9.17) is 5.73 Å². The molecule has 1 rings (SSSR count). The average Bonchev–Trinajstić information content (AvgIpc) is 2.12. The molecule has 106 valence electrons. The third-order valence-electron chi connectivity index (χ3n) is 3.05.